The molecule has 0 aliphatic heterocycles. The first kappa shape index (κ1) is 22.0. The third-order valence-electron chi connectivity index (χ3n) is 3.77. The van der Waals surface area contributed by atoms with Crippen molar-refractivity contribution in [3.8, 4) is 0 Å². The number of nitrogens with one attached hydrogen (secondary N) is 2. The van der Waals surface area contributed by atoms with E-state index in [2.05, 4.69) is 53.7 Å². The summed E-state index contributed by atoms with van der Waals surface area (Å²) in [5, 5.41) is 9.99. The Labute approximate surface area is 171 Å². The lowest BCUT2D eigenvalue weighted by Gasteiger charge is -2.16. The lowest BCUT2D eigenvalue weighted by atomic mass is 10.2. The second-order valence-electron chi connectivity index (χ2n) is 6.20. The fourth-order valence-electron chi connectivity index (χ4n) is 2.06. The van der Waals surface area contributed by atoms with Gasteiger partial charge in [0.05, 0.1) is 18.5 Å². The van der Waals surface area contributed by atoms with E-state index in [9.17, 15) is 0 Å². The van der Waals surface area contributed by atoms with Gasteiger partial charge in [-0.15, -0.1) is 35.3 Å². The molecule has 2 aromatic rings. The Bertz CT molecular complexity index is 625. The highest BCUT2D eigenvalue weighted by molar-refractivity contribution is 14.0. The largest absolute Gasteiger partial charge is 0.469 e. The number of rotatable bonds is 8. The maximum absolute atomic E-state index is 5.36. The Balaban J connectivity index is 0.00000312. The van der Waals surface area contributed by atoms with Gasteiger partial charge in [0.15, 0.2) is 5.96 Å². The number of halogens is 1. The monoisotopic (exact) mass is 476 g/mol. The van der Waals surface area contributed by atoms with Crippen LogP contribution in [0.15, 0.2) is 33.2 Å². The average molecular weight is 476 g/mol. The molecular formula is C18H29IN4OS. The van der Waals surface area contributed by atoms with Crippen molar-refractivity contribution in [2.45, 2.75) is 59.0 Å². The fourth-order valence-corrected chi connectivity index (χ4v) is 2.94. The quantitative estimate of drug-likeness (QED) is 0.333. The predicted octanol–water partition coefficient (Wildman–Crippen LogP) is 4.55. The summed E-state index contributed by atoms with van der Waals surface area (Å²) in [5.74, 6) is 2.27. The van der Waals surface area contributed by atoms with Gasteiger partial charge in [0.25, 0.3) is 0 Å². The normalized spacial score (nSPS) is 12.8. The molecule has 140 valence electrons. The van der Waals surface area contributed by atoms with E-state index in [0.29, 0.717) is 18.5 Å². The van der Waals surface area contributed by atoms with Crippen molar-refractivity contribution >= 4 is 41.3 Å². The van der Waals surface area contributed by atoms with Gasteiger partial charge in [-0.25, -0.2) is 9.98 Å². The highest BCUT2D eigenvalue weighted by Crippen LogP contribution is 2.18. The molecule has 0 saturated heterocycles. The van der Waals surface area contributed by atoms with Crippen molar-refractivity contribution in [1.29, 1.82) is 0 Å². The first-order valence-corrected chi connectivity index (χ1v) is 9.48. The van der Waals surface area contributed by atoms with Gasteiger partial charge in [-0.05, 0) is 31.4 Å². The molecule has 0 aliphatic carbocycles. The molecule has 0 radical (unpaired) electrons. The van der Waals surface area contributed by atoms with E-state index >= 15 is 0 Å². The first-order chi connectivity index (χ1) is 11.6. The Morgan fingerprint density at radius 1 is 1.36 bits per heavy atom. The van der Waals surface area contributed by atoms with Crippen LogP contribution in [-0.2, 0) is 13.0 Å². The third-order valence-corrected chi connectivity index (χ3v) is 4.62. The minimum atomic E-state index is 0. The number of guanidine groups is 1. The Morgan fingerprint density at radius 2 is 2.16 bits per heavy atom. The summed E-state index contributed by atoms with van der Waals surface area (Å²) in [6.45, 7) is 10.0. The molecule has 5 nitrogen and oxygen atoms in total. The van der Waals surface area contributed by atoms with E-state index in [1.54, 1.807) is 17.6 Å². The minimum absolute atomic E-state index is 0. The molecule has 0 fully saturated rings. The molecule has 0 bridgehead atoms. The zero-order valence-electron chi connectivity index (χ0n) is 15.4. The van der Waals surface area contributed by atoms with Gasteiger partial charge in [-0.3, -0.25) is 0 Å². The van der Waals surface area contributed by atoms with Crippen LogP contribution in [-0.4, -0.2) is 23.5 Å². The Hall–Kier alpha value is -1.09. The van der Waals surface area contributed by atoms with E-state index in [0.717, 1.165) is 41.8 Å². The van der Waals surface area contributed by atoms with Crippen LogP contribution < -0.4 is 10.6 Å². The third kappa shape index (κ3) is 7.77. The van der Waals surface area contributed by atoms with E-state index in [1.807, 2.05) is 12.1 Å². The number of hydrogen-bond acceptors (Lipinski definition) is 4. The fraction of sp³-hybridized carbons (Fsp3) is 0.556. The van der Waals surface area contributed by atoms with Gasteiger partial charge in [0.2, 0.25) is 0 Å². The maximum atomic E-state index is 5.36. The molecule has 0 saturated carbocycles. The molecule has 2 rings (SSSR count). The van der Waals surface area contributed by atoms with Crippen molar-refractivity contribution < 1.29 is 4.42 Å². The van der Waals surface area contributed by atoms with E-state index < -0.39 is 0 Å². The topological polar surface area (TPSA) is 62.5 Å². The zero-order chi connectivity index (χ0) is 17.4. The van der Waals surface area contributed by atoms with Crippen LogP contribution in [0.1, 0.15) is 56.5 Å². The van der Waals surface area contributed by atoms with Crippen LogP contribution in [0, 0.1) is 0 Å². The summed E-state index contributed by atoms with van der Waals surface area (Å²) in [6, 6.07) is 4.28. The molecule has 2 N–H and O–H groups in total. The summed E-state index contributed by atoms with van der Waals surface area (Å²) < 4.78 is 5.36. The van der Waals surface area contributed by atoms with Crippen LogP contribution >= 0.6 is 35.3 Å². The molecule has 0 spiro atoms. The minimum Gasteiger partial charge on any atom is -0.469 e. The second-order valence-corrected chi connectivity index (χ2v) is 7.14. The number of aliphatic imine (C=N–C) groups is 1. The first-order valence-electron chi connectivity index (χ1n) is 8.60. The maximum Gasteiger partial charge on any atom is 0.191 e. The highest BCUT2D eigenvalue weighted by atomic mass is 127. The number of thiazole rings is 1. The Kier molecular flexibility index (Phi) is 10.1. The summed E-state index contributed by atoms with van der Waals surface area (Å²) in [5.41, 5.74) is 1.15. The molecule has 0 aromatic carbocycles. The van der Waals surface area contributed by atoms with Crippen LogP contribution in [0.2, 0.25) is 0 Å². The van der Waals surface area contributed by atoms with Crippen molar-refractivity contribution in [3.63, 3.8) is 0 Å². The lowest BCUT2D eigenvalue weighted by molar-refractivity contribution is 0.506. The summed E-state index contributed by atoms with van der Waals surface area (Å²) in [4.78, 5) is 9.33. The molecule has 1 unspecified atom stereocenters. The van der Waals surface area contributed by atoms with E-state index in [-0.39, 0.29) is 24.0 Å². The van der Waals surface area contributed by atoms with Crippen LogP contribution in [0.3, 0.4) is 0 Å². The molecule has 2 heterocycles. The molecule has 7 heteroatoms. The van der Waals surface area contributed by atoms with Crippen molar-refractivity contribution in [1.82, 2.24) is 15.6 Å². The lowest BCUT2D eigenvalue weighted by Crippen LogP contribution is -2.42. The van der Waals surface area contributed by atoms with E-state index in [4.69, 9.17) is 4.42 Å². The summed E-state index contributed by atoms with van der Waals surface area (Å²) >= 11 is 1.68. The van der Waals surface area contributed by atoms with Crippen molar-refractivity contribution in [3.05, 3.63) is 40.2 Å². The second kappa shape index (κ2) is 11.5. The number of furan rings is 1. The van der Waals surface area contributed by atoms with Crippen LogP contribution in [0.25, 0.3) is 0 Å². The summed E-state index contributed by atoms with van der Waals surface area (Å²) in [7, 11) is 0. The smallest absolute Gasteiger partial charge is 0.191 e. The molecular weight excluding hydrogens is 447 g/mol. The van der Waals surface area contributed by atoms with Crippen molar-refractivity contribution in [2.24, 2.45) is 4.99 Å². The van der Waals surface area contributed by atoms with Gasteiger partial charge in [-0.2, -0.15) is 0 Å². The molecule has 0 amide bonds. The van der Waals surface area contributed by atoms with E-state index in [1.165, 1.54) is 0 Å². The van der Waals surface area contributed by atoms with Gasteiger partial charge < -0.3 is 15.1 Å². The number of nitrogens with zero attached hydrogens (tertiary/aromatic N) is 2. The average Bonchev–Trinajstić information content (AvgIpc) is 3.23. The van der Waals surface area contributed by atoms with Gasteiger partial charge in [-0.1, -0.05) is 20.8 Å². The molecule has 25 heavy (non-hydrogen) atoms. The van der Waals surface area contributed by atoms with Crippen LogP contribution in [0.5, 0.6) is 0 Å². The molecule has 0 aliphatic rings. The van der Waals surface area contributed by atoms with Gasteiger partial charge >= 0.3 is 0 Å². The predicted molar refractivity (Wildman–Crippen MR) is 116 cm³/mol. The molecule has 1 atom stereocenters. The van der Waals surface area contributed by atoms with Gasteiger partial charge in [0, 0.05) is 24.4 Å². The molecule has 2 aromatic heterocycles. The summed E-state index contributed by atoms with van der Waals surface area (Å²) in [6.07, 6.45) is 3.59. The highest BCUT2D eigenvalue weighted by Gasteiger charge is 2.07. The van der Waals surface area contributed by atoms with Crippen LogP contribution in [0.4, 0.5) is 0 Å². The van der Waals surface area contributed by atoms with Gasteiger partial charge in [0.1, 0.15) is 10.8 Å². The SMILES string of the molecule is CCC(C)NC(=NCc1nc(C(C)C)cs1)NCCc1ccco1.I. The number of hydrogen-bond donors (Lipinski definition) is 2. The standard InChI is InChI=1S/C18H28N4OS.HI/c1-5-14(4)21-18(19-9-8-15-7-6-10-23-15)20-11-17-22-16(12-24-17)13(2)3;/h6-7,10,12-14H,5,8-9,11H2,1-4H3,(H2,19,20,21);1H. The Morgan fingerprint density at radius 3 is 2.76 bits per heavy atom. The number of aromatic nitrogens is 1. The van der Waals surface area contributed by atoms with Crippen molar-refractivity contribution in [2.75, 3.05) is 6.54 Å². The zero-order valence-corrected chi connectivity index (χ0v) is 18.6.